The highest BCUT2D eigenvalue weighted by Crippen LogP contribution is 2.25. The van der Waals surface area contributed by atoms with Gasteiger partial charge >= 0.3 is 5.97 Å². The predicted molar refractivity (Wildman–Crippen MR) is 138 cm³/mol. The average Bonchev–Trinajstić information content (AvgIpc) is 2.86. The number of carboxylic acid groups (broad SMARTS) is 1. The van der Waals surface area contributed by atoms with Gasteiger partial charge in [0.25, 0.3) is 0 Å². The number of aryl methyl sites for hydroxylation is 3. The maximum atomic E-state index is 13.1. The van der Waals surface area contributed by atoms with Crippen molar-refractivity contribution in [2.75, 3.05) is 6.61 Å². The second kappa shape index (κ2) is 12.7. The number of carbonyl (C=O) groups is 2. The molecule has 0 amide bonds. The summed E-state index contributed by atoms with van der Waals surface area (Å²) in [7, 11) is 0. The van der Waals surface area contributed by atoms with Crippen molar-refractivity contribution in [1.29, 1.82) is 0 Å². The highest BCUT2D eigenvalue weighted by atomic mass is 16.5. The molecule has 0 aliphatic rings. The Balaban J connectivity index is 1.54. The largest absolute Gasteiger partial charge is 0.493 e. The van der Waals surface area contributed by atoms with E-state index < -0.39 is 5.97 Å². The third-order valence-electron chi connectivity index (χ3n) is 6.00. The SMILES string of the molecule is CCc1ccc(OCCCC(C)Oc2ccc(CCC(=O)O)c(C)c2)c(C(=O)c2ccccc2)c1. The lowest BCUT2D eigenvalue weighted by atomic mass is 9.99. The number of carboxylic acids is 1. The highest BCUT2D eigenvalue weighted by Gasteiger charge is 2.16. The number of ketones is 1. The number of rotatable bonds is 13. The van der Waals surface area contributed by atoms with E-state index in [1.54, 1.807) is 0 Å². The summed E-state index contributed by atoms with van der Waals surface area (Å²) in [5.41, 5.74) is 4.40. The van der Waals surface area contributed by atoms with Crippen LogP contribution in [-0.4, -0.2) is 29.6 Å². The zero-order valence-corrected chi connectivity index (χ0v) is 20.8. The number of aliphatic carboxylic acids is 1. The van der Waals surface area contributed by atoms with Gasteiger partial charge in [-0.05, 0) is 80.5 Å². The van der Waals surface area contributed by atoms with Crippen molar-refractivity contribution in [1.82, 2.24) is 0 Å². The Hall–Kier alpha value is -3.60. The third-order valence-corrected chi connectivity index (χ3v) is 6.00. The summed E-state index contributed by atoms with van der Waals surface area (Å²) in [5.74, 6) is 0.561. The minimum absolute atomic E-state index is 0.00393. The second-order valence-corrected chi connectivity index (χ2v) is 8.78. The topological polar surface area (TPSA) is 72.8 Å². The monoisotopic (exact) mass is 474 g/mol. The van der Waals surface area contributed by atoms with E-state index in [1.807, 2.05) is 80.6 Å². The first-order valence-corrected chi connectivity index (χ1v) is 12.2. The molecule has 0 fully saturated rings. The Labute approximate surface area is 207 Å². The zero-order chi connectivity index (χ0) is 25.2. The van der Waals surface area contributed by atoms with E-state index in [2.05, 4.69) is 6.92 Å². The van der Waals surface area contributed by atoms with Crippen LogP contribution in [0.25, 0.3) is 0 Å². The fraction of sp³-hybridized carbons (Fsp3) is 0.333. The molecule has 3 rings (SSSR count). The fourth-order valence-electron chi connectivity index (χ4n) is 3.95. The molecule has 0 heterocycles. The quantitative estimate of drug-likeness (QED) is 0.228. The predicted octanol–water partition coefficient (Wildman–Crippen LogP) is 6.43. The molecule has 5 heteroatoms. The lowest BCUT2D eigenvalue weighted by Gasteiger charge is -2.17. The maximum Gasteiger partial charge on any atom is 0.303 e. The molecule has 3 aromatic rings. The van der Waals surface area contributed by atoms with Crippen LogP contribution < -0.4 is 9.47 Å². The van der Waals surface area contributed by atoms with Gasteiger partial charge < -0.3 is 14.6 Å². The van der Waals surface area contributed by atoms with Gasteiger partial charge in [-0.15, -0.1) is 0 Å². The van der Waals surface area contributed by atoms with Crippen LogP contribution in [0.2, 0.25) is 0 Å². The van der Waals surface area contributed by atoms with E-state index in [0.717, 1.165) is 41.7 Å². The Morgan fingerprint density at radius 3 is 2.46 bits per heavy atom. The maximum absolute atomic E-state index is 13.1. The van der Waals surface area contributed by atoms with Gasteiger partial charge in [-0.3, -0.25) is 9.59 Å². The van der Waals surface area contributed by atoms with Gasteiger partial charge in [0.15, 0.2) is 5.78 Å². The molecule has 3 aromatic carbocycles. The van der Waals surface area contributed by atoms with Crippen molar-refractivity contribution < 1.29 is 24.2 Å². The number of hydrogen-bond donors (Lipinski definition) is 1. The first-order valence-electron chi connectivity index (χ1n) is 12.2. The summed E-state index contributed by atoms with van der Waals surface area (Å²) in [6, 6.07) is 20.9. The average molecular weight is 475 g/mol. The van der Waals surface area contributed by atoms with Gasteiger partial charge in [-0.25, -0.2) is 0 Å². The standard InChI is InChI=1S/C30H34O5/c1-4-23-12-16-28(27(20-23)30(33)25-10-6-5-7-11-25)34-18-8-9-22(3)35-26-15-13-24(21(2)19-26)14-17-29(31)32/h5-7,10-13,15-16,19-20,22H,4,8-9,14,17-18H2,1-3H3,(H,31,32). The summed E-state index contributed by atoms with van der Waals surface area (Å²) >= 11 is 0. The summed E-state index contributed by atoms with van der Waals surface area (Å²) in [6.45, 7) is 6.55. The molecule has 1 N–H and O–H groups in total. The van der Waals surface area contributed by atoms with Crippen LogP contribution in [0.15, 0.2) is 66.7 Å². The Morgan fingerprint density at radius 2 is 1.77 bits per heavy atom. The van der Waals surface area contributed by atoms with Crippen LogP contribution >= 0.6 is 0 Å². The number of benzene rings is 3. The smallest absolute Gasteiger partial charge is 0.303 e. The highest BCUT2D eigenvalue weighted by molar-refractivity contribution is 6.10. The molecule has 35 heavy (non-hydrogen) atoms. The Morgan fingerprint density at radius 1 is 1.00 bits per heavy atom. The van der Waals surface area contributed by atoms with Gasteiger partial charge in [0.2, 0.25) is 0 Å². The van der Waals surface area contributed by atoms with Crippen LogP contribution in [0.3, 0.4) is 0 Å². The number of hydrogen-bond acceptors (Lipinski definition) is 4. The summed E-state index contributed by atoms with van der Waals surface area (Å²) in [6.07, 6.45) is 3.07. The van der Waals surface area contributed by atoms with E-state index in [9.17, 15) is 9.59 Å². The van der Waals surface area contributed by atoms with Gasteiger partial charge in [-0.2, -0.15) is 0 Å². The first-order chi connectivity index (χ1) is 16.9. The normalized spacial score (nSPS) is 11.6. The minimum atomic E-state index is -0.793. The molecule has 1 atom stereocenters. The first kappa shape index (κ1) is 26.0. The summed E-state index contributed by atoms with van der Waals surface area (Å²) in [4.78, 5) is 23.9. The van der Waals surface area contributed by atoms with Crippen molar-refractivity contribution >= 4 is 11.8 Å². The van der Waals surface area contributed by atoms with Crippen molar-refractivity contribution in [3.8, 4) is 11.5 Å². The van der Waals surface area contributed by atoms with Crippen molar-refractivity contribution in [3.63, 3.8) is 0 Å². The molecular weight excluding hydrogens is 440 g/mol. The fourth-order valence-corrected chi connectivity index (χ4v) is 3.95. The summed E-state index contributed by atoms with van der Waals surface area (Å²) in [5, 5.41) is 8.88. The lowest BCUT2D eigenvalue weighted by molar-refractivity contribution is -0.136. The van der Waals surface area contributed by atoms with E-state index in [1.165, 1.54) is 0 Å². The van der Waals surface area contributed by atoms with Gasteiger partial charge in [0, 0.05) is 12.0 Å². The molecule has 1 unspecified atom stereocenters. The Bertz CT molecular complexity index is 1140. The second-order valence-electron chi connectivity index (χ2n) is 8.78. The number of carbonyl (C=O) groups excluding carboxylic acids is 1. The minimum Gasteiger partial charge on any atom is -0.493 e. The molecule has 0 aromatic heterocycles. The molecule has 0 aliphatic carbocycles. The van der Waals surface area contributed by atoms with Gasteiger partial charge in [0.05, 0.1) is 18.3 Å². The number of ether oxygens (including phenoxy) is 2. The van der Waals surface area contributed by atoms with Crippen molar-refractivity contribution in [3.05, 3.63) is 94.5 Å². The van der Waals surface area contributed by atoms with Crippen molar-refractivity contribution in [2.24, 2.45) is 0 Å². The van der Waals surface area contributed by atoms with Crippen molar-refractivity contribution in [2.45, 2.75) is 59.0 Å². The van der Waals surface area contributed by atoms with E-state index in [0.29, 0.717) is 29.9 Å². The van der Waals surface area contributed by atoms with Gasteiger partial charge in [-0.1, -0.05) is 49.4 Å². The summed E-state index contributed by atoms with van der Waals surface area (Å²) < 4.78 is 12.1. The van der Waals surface area contributed by atoms with Crippen LogP contribution in [0.5, 0.6) is 11.5 Å². The lowest BCUT2D eigenvalue weighted by Crippen LogP contribution is -2.14. The van der Waals surface area contributed by atoms with Gasteiger partial charge in [0.1, 0.15) is 11.5 Å². The molecule has 0 spiro atoms. The molecule has 0 aliphatic heterocycles. The molecule has 0 bridgehead atoms. The molecule has 184 valence electrons. The third kappa shape index (κ3) is 7.71. The molecular formula is C30H34O5. The molecule has 5 nitrogen and oxygen atoms in total. The Kier molecular flexibility index (Phi) is 9.47. The van der Waals surface area contributed by atoms with E-state index in [-0.39, 0.29) is 18.3 Å². The van der Waals surface area contributed by atoms with E-state index in [4.69, 9.17) is 14.6 Å². The van der Waals surface area contributed by atoms with Crippen LogP contribution in [-0.2, 0) is 17.6 Å². The van der Waals surface area contributed by atoms with Crippen LogP contribution in [0.4, 0.5) is 0 Å². The van der Waals surface area contributed by atoms with E-state index >= 15 is 0 Å². The molecule has 0 saturated carbocycles. The van der Waals surface area contributed by atoms with Crippen LogP contribution in [0, 0.1) is 6.92 Å². The zero-order valence-electron chi connectivity index (χ0n) is 20.8. The molecule has 0 saturated heterocycles. The molecule has 0 radical (unpaired) electrons. The van der Waals surface area contributed by atoms with Crippen LogP contribution in [0.1, 0.15) is 65.7 Å².